The van der Waals surface area contributed by atoms with Crippen molar-refractivity contribution in [2.75, 3.05) is 16.8 Å². The molecule has 1 unspecified atom stereocenters. The van der Waals surface area contributed by atoms with E-state index in [9.17, 15) is 9.18 Å². The SMILES string of the molecule is CC(N)CCSCC(=O)Nc1ccccc1F. The van der Waals surface area contributed by atoms with Crippen molar-refractivity contribution in [3.05, 3.63) is 30.1 Å². The van der Waals surface area contributed by atoms with Crippen molar-refractivity contribution in [3.63, 3.8) is 0 Å². The Balaban J connectivity index is 2.28. The van der Waals surface area contributed by atoms with Gasteiger partial charge in [0.2, 0.25) is 5.91 Å². The molecule has 0 bridgehead atoms. The van der Waals surface area contributed by atoms with E-state index in [1.165, 1.54) is 17.8 Å². The van der Waals surface area contributed by atoms with Crippen molar-refractivity contribution < 1.29 is 9.18 Å². The molecule has 0 radical (unpaired) electrons. The molecule has 0 aromatic heterocycles. The molecule has 0 aliphatic carbocycles. The minimum absolute atomic E-state index is 0.150. The van der Waals surface area contributed by atoms with Crippen LogP contribution in [0, 0.1) is 5.82 Å². The van der Waals surface area contributed by atoms with Crippen LogP contribution in [0.4, 0.5) is 10.1 Å². The van der Waals surface area contributed by atoms with Gasteiger partial charge < -0.3 is 11.1 Å². The largest absolute Gasteiger partial charge is 0.328 e. The number of thioether (sulfide) groups is 1. The lowest BCUT2D eigenvalue weighted by molar-refractivity contribution is -0.113. The lowest BCUT2D eigenvalue weighted by Gasteiger charge is -2.07. The number of halogens is 1. The van der Waals surface area contributed by atoms with E-state index in [1.54, 1.807) is 18.2 Å². The first-order valence-electron chi connectivity index (χ1n) is 5.47. The molecule has 3 nitrogen and oxygen atoms in total. The summed E-state index contributed by atoms with van der Waals surface area (Å²) in [6.07, 6.45) is 0.873. The number of carbonyl (C=O) groups excluding carboxylic acids is 1. The molecule has 0 spiro atoms. The highest BCUT2D eigenvalue weighted by molar-refractivity contribution is 7.99. The molecule has 0 heterocycles. The first-order valence-corrected chi connectivity index (χ1v) is 6.62. The normalized spacial score (nSPS) is 12.2. The van der Waals surface area contributed by atoms with E-state index in [1.807, 2.05) is 6.92 Å². The lowest BCUT2D eigenvalue weighted by Crippen LogP contribution is -2.18. The number of nitrogens with two attached hydrogens (primary N) is 1. The molecule has 0 aliphatic heterocycles. The van der Waals surface area contributed by atoms with Gasteiger partial charge in [0, 0.05) is 6.04 Å². The van der Waals surface area contributed by atoms with Gasteiger partial charge in [0.15, 0.2) is 0 Å². The number of hydrogen-bond donors (Lipinski definition) is 2. The van der Waals surface area contributed by atoms with Crippen LogP contribution in [-0.2, 0) is 4.79 Å². The molecule has 5 heteroatoms. The maximum absolute atomic E-state index is 13.2. The predicted octanol–water partition coefficient (Wildman–Crippen LogP) is 2.23. The second kappa shape index (κ2) is 7.29. The molecule has 3 N–H and O–H groups in total. The first-order chi connectivity index (χ1) is 8.09. The number of amides is 1. The summed E-state index contributed by atoms with van der Waals surface area (Å²) < 4.78 is 13.2. The number of para-hydroxylation sites is 1. The van der Waals surface area contributed by atoms with Gasteiger partial charge in [0.1, 0.15) is 5.82 Å². The quantitative estimate of drug-likeness (QED) is 0.767. The van der Waals surface area contributed by atoms with Gasteiger partial charge in [-0.1, -0.05) is 12.1 Å². The zero-order chi connectivity index (χ0) is 12.7. The van der Waals surface area contributed by atoms with Crippen LogP contribution < -0.4 is 11.1 Å². The highest BCUT2D eigenvalue weighted by Gasteiger charge is 2.06. The van der Waals surface area contributed by atoms with Gasteiger partial charge in [-0.25, -0.2) is 4.39 Å². The smallest absolute Gasteiger partial charge is 0.234 e. The van der Waals surface area contributed by atoms with Gasteiger partial charge in [-0.15, -0.1) is 0 Å². The third-order valence-corrected chi connectivity index (χ3v) is 3.09. The molecular weight excluding hydrogens is 239 g/mol. The summed E-state index contributed by atoms with van der Waals surface area (Å²) in [5.41, 5.74) is 5.82. The Kier molecular flexibility index (Phi) is 6.00. The number of carbonyl (C=O) groups is 1. The molecule has 17 heavy (non-hydrogen) atoms. The van der Waals surface area contributed by atoms with Gasteiger partial charge >= 0.3 is 0 Å². The Morgan fingerprint density at radius 2 is 2.24 bits per heavy atom. The third-order valence-electron chi connectivity index (χ3n) is 2.10. The number of hydrogen-bond acceptors (Lipinski definition) is 3. The van der Waals surface area contributed by atoms with E-state index < -0.39 is 5.82 Å². The predicted molar refractivity (Wildman–Crippen MR) is 70.6 cm³/mol. The van der Waals surface area contributed by atoms with E-state index in [4.69, 9.17) is 5.73 Å². The summed E-state index contributed by atoms with van der Waals surface area (Å²) in [6, 6.07) is 6.28. The Morgan fingerprint density at radius 3 is 2.88 bits per heavy atom. The monoisotopic (exact) mass is 256 g/mol. The molecule has 1 rings (SSSR count). The summed E-state index contributed by atoms with van der Waals surface area (Å²) in [4.78, 5) is 11.5. The topological polar surface area (TPSA) is 55.1 Å². The summed E-state index contributed by atoms with van der Waals surface area (Å²) in [6.45, 7) is 1.93. The highest BCUT2D eigenvalue weighted by atomic mass is 32.2. The van der Waals surface area contributed by atoms with Crippen LogP contribution in [0.5, 0.6) is 0 Å². The van der Waals surface area contributed by atoms with Crippen LogP contribution >= 0.6 is 11.8 Å². The fraction of sp³-hybridized carbons (Fsp3) is 0.417. The van der Waals surface area contributed by atoms with Gasteiger partial charge in [-0.3, -0.25) is 4.79 Å². The molecule has 94 valence electrons. The van der Waals surface area contributed by atoms with E-state index in [0.29, 0.717) is 5.75 Å². The summed E-state index contributed by atoms with van der Waals surface area (Å²) in [5.74, 6) is 0.551. The highest BCUT2D eigenvalue weighted by Crippen LogP contribution is 2.13. The number of anilines is 1. The van der Waals surface area contributed by atoms with Crippen molar-refractivity contribution in [1.29, 1.82) is 0 Å². The Bertz CT molecular complexity index is 371. The van der Waals surface area contributed by atoms with Crippen LogP contribution in [-0.4, -0.2) is 23.5 Å². The van der Waals surface area contributed by atoms with Gasteiger partial charge in [0.05, 0.1) is 11.4 Å². The fourth-order valence-electron chi connectivity index (χ4n) is 1.18. The van der Waals surface area contributed by atoms with Crippen LogP contribution in [0.25, 0.3) is 0 Å². The molecule has 0 fully saturated rings. The molecule has 0 saturated carbocycles. The summed E-state index contributed by atoms with van der Waals surface area (Å²) in [5, 5.41) is 2.53. The van der Waals surface area contributed by atoms with E-state index in [-0.39, 0.29) is 17.6 Å². The molecule has 0 saturated heterocycles. The van der Waals surface area contributed by atoms with Gasteiger partial charge in [-0.05, 0) is 31.2 Å². The standard InChI is InChI=1S/C12H17FN2OS/c1-9(14)6-7-17-8-12(16)15-11-5-3-2-4-10(11)13/h2-5,9H,6-8,14H2,1H3,(H,15,16). The van der Waals surface area contributed by atoms with Crippen LogP contribution in [0.3, 0.4) is 0 Å². The molecule has 0 aliphatic rings. The minimum atomic E-state index is -0.415. The summed E-state index contributed by atoms with van der Waals surface area (Å²) in [7, 11) is 0. The second-order valence-electron chi connectivity index (χ2n) is 3.85. The Hall–Kier alpha value is -1.07. The maximum atomic E-state index is 13.2. The molecule has 1 atom stereocenters. The molecule has 1 amide bonds. The van der Waals surface area contributed by atoms with E-state index >= 15 is 0 Å². The number of benzene rings is 1. The second-order valence-corrected chi connectivity index (χ2v) is 4.95. The number of nitrogens with one attached hydrogen (secondary N) is 1. The minimum Gasteiger partial charge on any atom is -0.328 e. The Labute approximate surface area is 105 Å². The van der Waals surface area contributed by atoms with Crippen molar-refractivity contribution in [2.45, 2.75) is 19.4 Å². The molecule has 1 aromatic carbocycles. The van der Waals surface area contributed by atoms with Crippen LogP contribution in [0.15, 0.2) is 24.3 Å². The summed E-state index contributed by atoms with van der Waals surface area (Å²) >= 11 is 1.50. The lowest BCUT2D eigenvalue weighted by atomic mass is 10.3. The molecular formula is C12H17FN2OS. The van der Waals surface area contributed by atoms with E-state index in [0.717, 1.165) is 12.2 Å². The zero-order valence-corrected chi connectivity index (χ0v) is 10.6. The average Bonchev–Trinajstić information content (AvgIpc) is 2.27. The Morgan fingerprint density at radius 1 is 1.53 bits per heavy atom. The van der Waals surface area contributed by atoms with Crippen LogP contribution in [0.1, 0.15) is 13.3 Å². The van der Waals surface area contributed by atoms with Gasteiger partial charge in [0.25, 0.3) is 0 Å². The van der Waals surface area contributed by atoms with E-state index in [2.05, 4.69) is 5.32 Å². The zero-order valence-electron chi connectivity index (χ0n) is 9.78. The van der Waals surface area contributed by atoms with Gasteiger partial charge in [-0.2, -0.15) is 11.8 Å². The third kappa shape index (κ3) is 5.70. The first kappa shape index (κ1) is 14.0. The molecule has 1 aromatic rings. The maximum Gasteiger partial charge on any atom is 0.234 e. The van der Waals surface area contributed by atoms with Crippen molar-refractivity contribution >= 4 is 23.4 Å². The number of rotatable bonds is 6. The van der Waals surface area contributed by atoms with Crippen LogP contribution in [0.2, 0.25) is 0 Å². The fourth-order valence-corrected chi connectivity index (χ4v) is 2.12. The average molecular weight is 256 g/mol. The van der Waals surface area contributed by atoms with Crippen molar-refractivity contribution in [1.82, 2.24) is 0 Å². The van der Waals surface area contributed by atoms with Crippen molar-refractivity contribution in [2.24, 2.45) is 5.73 Å². The van der Waals surface area contributed by atoms with Crippen molar-refractivity contribution in [3.8, 4) is 0 Å².